The highest BCUT2D eigenvalue weighted by atomic mass is 32.1. The van der Waals surface area contributed by atoms with E-state index in [0.29, 0.717) is 18.4 Å². The van der Waals surface area contributed by atoms with Crippen LogP contribution < -0.4 is 0 Å². The predicted octanol–water partition coefficient (Wildman–Crippen LogP) is 4.56. The fourth-order valence-electron chi connectivity index (χ4n) is 2.54. The van der Waals surface area contributed by atoms with E-state index in [1.54, 1.807) is 22.7 Å². The normalized spacial score (nSPS) is 21.0. The largest absolute Gasteiger partial charge is 0.465 e. The maximum Gasteiger partial charge on any atom is 0.311 e. The quantitative estimate of drug-likeness (QED) is 0.595. The van der Waals surface area contributed by atoms with E-state index in [0.717, 1.165) is 29.1 Å². The molecule has 3 nitrogen and oxygen atoms in total. The van der Waals surface area contributed by atoms with Crippen molar-refractivity contribution >= 4 is 28.6 Å². The lowest BCUT2D eigenvalue weighted by atomic mass is 9.85. The van der Waals surface area contributed by atoms with Crippen molar-refractivity contribution in [2.75, 3.05) is 6.61 Å². The van der Waals surface area contributed by atoms with Crippen molar-refractivity contribution < 1.29 is 9.53 Å². The van der Waals surface area contributed by atoms with Crippen LogP contribution in [0.3, 0.4) is 0 Å². The average molecular weight is 333 g/mol. The number of rotatable bonds is 5. The Labute approximate surface area is 138 Å². The zero-order valence-electron chi connectivity index (χ0n) is 12.5. The minimum absolute atomic E-state index is 0.177. The number of hydrogen-bond donors (Lipinski definition) is 0. The minimum atomic E-state index is -0.177. The summed E-state index contributed by atoms with van der Waals surface area (Å²) in [5, 5.41) is 7.01. The van der Waals surface area contributed by atoms with Crippen LogP contribution in [0.1, 0.15) is 25.5 Å². The molecule has 2 atom stereocenters. The molecule has 2 aromatic heterocycles. The van der Waals surface area contributed by atoms with E-state index in [1.807, 2.05) is 16.8 Å². The number of nitrogens with zero attached hydrogens (tertiary/aromatic N) is 1. The highest BCUT2D eigenvalue weighted by Gasteiger charge is 2.20. The Morgan fingerprint density at radius 2 is 2.23 bits per heavy atom. The first-order valence-electron chi connectivity index (χ1n) is 7.50. The summed E-state index contributed by atoms with van der Waals surface area (Å²) in [6.45, 7) is 2.74. The summed E-state index contributed by atoms with van der Waals surface area (Å²) in [4.78, 5) is 16.5. The maximum atomic E-state index is 12.0. The van der Waals surface area contributed by atoms with Gasteiger partial charge in [0.15, 0.2) is 0 Å². The Kier molecular flexibility index (Phi) is 5.05. The number of hydrogen-bond acceptors (Lipinski definition) is 5. The number of carbonyl (C=O) groups excluding carboxylic acids is 1. The van der Waals surface area contributed by atoms with Gasteiger partial charge in [-0.3, -0.25) is 4.79 Å². The summed E-state index contributed by atoms with van der Waals surface area (Å²) in [6, 6.07) is 2.05. The van der Waals surface area contributed by atoms with Crippen LogP contribution in [0.25, 0.3) is 10.6 Å². The van der Waals surface area contributed by atoms with Crippen molar-refractivity contribution in [3.63, 3.8) is 0 Å². The topological polar surface area (TPSA) is 39.2 Å². The van der Waals surface area contributed by atoms with E-state index in [4.69, 9.17) is 4.74 Å². The number of carbonyl (C=O) groups is 1. The maximum absolute atomic E-state index is 12.0. The summed E-state index contributed by atoms with van der Waals surface area (Å²) >= 11 is 3.23. The Balaban J connectivity index is 1.50. The van der Waals surface area contributed by atoms with Crippen LogP contribution in [0.15, 0.2) is 34.4 Å². The molecule has 0 bridgehead atoms. The van der Waals surface area contributed by atoms with Crippen molar-refractivity contribution in [3.8, 4) is 10.6 Å². The summed E-state index contributed by atoms with van der Waals surface area (Å²) in [5.41, 5.74) is 1.92. The lowest BCUT2D eigenvalue weighted by molar-refractivity contribution is -0.144. The lowest BCUT2D eigenvalue weighted by Gasteiger charge is -2.24. The molecule has 3 rings (SSSR count). The number of allylic oxidation sites excluding steroid dienone is 2. The molecule has 0 N–H and O–H groups in total. The molecule has 2 unspecified atom stereocenters. The molecule has 1 aliphatic carbocycles. The summed E-state index contributed by atoms with van der Waals surface area (Å²) in [6.07, 6.45) is 6.75. The number of thiazole rings is 1. The first kappa shape index (κ1) is 15.4. The molecular weight excluding hydrogens is 314 g/mol. The Bertz CT molecular complexity index is 645. The van der Waals surface area contributed by atoms with E-state index in [1.165, 1.54) is 0 Å². The van der Waals surface area contributed by atoms with Crippen LogP contribution in [-0.2, 0) is 16.0 Å². The van der Waals surface area contributed by atoms with Gasteiger partial charge in [-0.05, 0) is 36.1 Å². The van der Waals surface area contributed by atoms with E-state index in [-0.39, 0.29) is 12.4 Å². The standard InChI is InChI=1S/C17H19NO2S2/c1-12-4-2-3-5-13(12)9-20-16(19)8-15-11-22-17(18-15)14-6-7-21-10-14/h2-3,6-7,10-13H,4-5,8-9H2,1H3. The number of aromatic nitrogens is 1. The molecule has 116 valence electrons. The minimum Gasteiger partial charge on any atom is -0.465 e. The molecule has 2 heterocycles. The third kappa shape index (κ3) is 3.84. The van der Waals surface area contributed by atoms with Crippen molar-refractivity contribution in [1.82, 2.24) is 4.98 Å². The van der Waals surface area contributed by atoms with E-state index < -0.39 is 0 Å². The third-order valence-corrected chi connectivity index (χ3v) is 5.65. The summed E-state index contributed by atoms with van der Waals surface area (Å²) in [7, 11) is 0. The second-order valence-corrected chi connectivity index (χ2v) is 7.33. The molecule has 0 fully saturated rings. The van der Waals surface area contributed by atoms with E-state index in [9.17, 15) is 4.79 Å². The van der Waals surface area contributed by atoms with Crippen LogP contribution in [0.4, 0.5) is 0 Å². The molecule has 0 aromatic carbocycles. The fraction of sp³-hybridized carbons (Fsp3) is 0.412. The van der Waals surface area contributed by atoms with Crippen molar-refractivity contribution in [3.05, 3.63) is 40.1 Å². The molecule has 0 saturated heterocycles. The summed E-state index contributed by atoms with van der Waals surface area (Å²) in [5.74, 6) is 0.858. The van der Waals surface area contributed by atoms with Gasteiger partial charge in [0.25, 0.3) is 0 Å². The third-order valence-electron chi connectivity index (χ3n) is 4.02. The van der Waals surface area contributed by atoms with Crippen LogP contribution in [0.2, 0.25) is 0 Å². The molecule has 0 spiro atoms. The molecule has 0 aliphatic heterocycles. The summed E-state index contributed by atoms with van der Waals surface area (Å²) < 4.78 is 5.45. The number of esters is 1. The first-order valence-corrected chi connectivity index (χ1v) is 9.32. The smallest absolute Gasteiger partial charge is 0.311 e. The fourth-order valence-corrected chi connectivity index (χ4v) is 4.08. The van der Waals surface area contributed by atoms with Gasteiger partial charge < -0.3 is 4.74 Å². The molecule has 1 aliphatic rings. The van der Waals surface area contributed by atoms with Gasteiger partial charge >= 0.3 is 5.97 Å². The van der Waals surface area contributed by atoms with Gasteiger partial charge in [-0.1, -0.05) is 19.1 Å². The molecular formula is C17H19NO2S2. The van der Waals surface area contributed by atoms with Crippen LogP contribution in [0, 0.1) is 11.8 Å². The highest BCUT2D eigenvalue weighted by Crippen LogP contribution is 2.27. The second-order valence-electron chi connectivity index (χ2n) is 5.70. The molecule has 0 saturated carbocycles. The van der Waals surface area contributed by atoms with Gasteiger partial charge in [-0.15, -0.1) is 11.3 Å². The Hall–Kier alpha value is -1.46. The molecule has 2 aromatic rings. The predicted molar refractivity (Wildman–Crippen MR) is 91.1 cm³/mol. The zero-order chi connectivity index (χ0) is 15.4. The van der Waals surface area contributed by atoms with Crippen molar-refractivity contribution in [2.24, 2.45) is 11.8 Å². The lowest BCUT2D eigenvalue weighted by Crippen LogP contribution is -2.22. The molecule has 0 amide bonds. The van der Waals surface area contributed by atoms with Crippen molar-refractivity contribution in [2.45, 2.75) is 26.2 Å². The zero-order valence-corrected chi connectivity index (χ0v) is 14.2. The van der Waals surface area contributed by atoms with Gasteiger partial charge in [0.1, 0.15) is 5.01 Å². The van der Waals surface area contributed by atoms with Gasteiger partial charge in [0.2, 0.25) is 0 Å². The van der Waals surface area contributed by atoms with Gasteiger partial charge in [0.05, 0.1) is 18.7 Å². The Morgan fingerprint density at radius 3 is 3.00 bits per heavy atom. The van der Waals surface area contributed by atoms with Gasteiger partial charge in [0, 0.05) is 16.3 Å². The second kappa shape index (κ2) is 7.20. The first-order chi connectivity index (χ1) is 10.7. The molecule has 0 radical (unpaired) electrons. The monoisotopic (exact) mass is 333 g/mol. The molecule has 22 heavy (non-hydrogen) atoms. The van der Waals surface area contributed by atoms with Crippen LogP contribution in [0.5, 0.6) is 0 Å². The number of thiophene rings is 1. The number of ether oxygens (including phenoxy) is 1. The van der Waals surface area contributed by atoms with Gasteiger partial charge in [-0.25, -0.2) is 4.98 Å². The Morgan fingerprint density at radius 1 is 1.36 bits per heavy atom. The molecule has 5 heteroatoms. The van der Waals surface area contributed by atoms with E-state index >= 15 is 0 Å². The van der Waals surface area contributed by atoms with E-state index in [2.05, 4.69) is 29.4 Å². The average Bonchev–Trinajstić information content (AvgIpc) is 3.17. The van der Waals surface area contributed by atoms with Crippen LogP contribution in [-0.4, -0.2) is 17.6 Å². The SMILES string of the molecule is CC1CC=CCC1COC(=O)Cc1csc(-c2ccsc2)n1. The van der Waals surface area contributed by atoms with Crippen molar-refractivity contribution in [1.29, 1.82) is 0 Å². The van der Waals surface area contributed by atoms with Crippen LogP contribution >= 0.6 is 22.7 Å². The van der Waals surface area contributed by atoms with Gasteiger partial charge in [-0.2, -0.15) is 11.3 Å². The highest BCUT2D eigenvalue weighted by molar-refractivity contribution is 7.14.